The molecule has 0 bridgehead atoms. The molecule has 2 heterocycles. The molecule has 8 heteroatoms. The van der Waals surface area contributed by atoms with Crippen LogP contribution in [0.3, 0.4) is 0 Å². The first kappa shape index (κ1) is 18.4. The molecule has 0 spiro atoms. The fourth-order valence-corrected chi connectivity index (χ4v) is 2.86. The molecule has 0 radical (unpaired) electrons. The third-order valence-electron chi connectivity index (χ3n) is 3.90. The van der Waals surface area contributed by atoms with E-state index in [0.29, 0.717) is 28.5 Å². The summed E-state index contributed by atoms with van der Waals surface area (Å²) in [5.74, 6) is -0.291. The monoisotopic (exact) mass is 380 g/mol. The molecular weight excluding hydrogens is 364 g/mol. The van der Waals surface area contributed by atoms with Crippen molar-refractivity contribution in [2.75, 3.05) is 5.32 Å². The summed E-state index contributed by atoms with van der Waals surface area (Å²) < 4.78 is 3.25. The van der Waals surface area contributed by atoms with E-state index in [-0.39, 0.29) is 5.91 Å². The largest absolute Gasteiger partial charge is 0.320 e. The fraction of sp³-hybridized carbons (Fsp3) is 0.158. The predicted molar refractivity (Wildman–Crippen MR) is 103 cm³/mol. The lowest BCUT2D eigenvalue weighted by atomic mass is 10.1. The summed E-state index contributed by atoms with van der Waals surface area (Å²) in [5.41, 5.74) is 3.59. The van der Waals surface area contributed by atoms with Gasteiger partial charge < -0.3 is 5.32 Å². The molecule has 0 atom stereocenters. The van der Waals surface area contributed by atoms with Crippen molar-refractivity contribution in [3.05, 3.63) is 70.3 Å². The number of amides is 1. The first-order chi connectivity index (χ1) is 13.0. The number of nitrogens with one attached hydrogen (secondary N) is 1. The molecule has 0 aliphatic rings. The summed E-state index contributed by atoms with van der Waals surface area (Å²) in [5, 5.41) is 20.6. The molecule has 27 heavy (non-hydrogen) atoms. The van der Waals surface area contributed by atoms with E-state index in [1.165, 1.54) is 6.08 Å². The summed E-state index contributed by atoms with van der Waals surface area (Å²) in [4.78, 5) is 12.1. The first-order valence-corrected chi connectivity index (χ1v) is 8.53. The number of aromatic nitrogens is 4. The van der Waals surface area contributed by atoms with Crippen molar-refractivity contribution < 1.29 is 4.79 Å². The van der Waals surface area contributed by atoms with E-state index in [9.17, 15) is 4.79 Å². The minimum absolute atomic E-state index is 0.291. The lowest BCUT2D eigenvalue weighted by Crippen LogP contribution is -2.07. The van der Waals surface area contributed by atoms with Crippen LogP contribution in [-0.4, -0.2) is 25.5 Å². The second-order valence-corrected chi connectivity index (χ2v) is 6.33. The number of carbonyl (C=O) groups is 1. The van der Waals surface area contributed by atoms with Crippen molar-refractivity contribution >= 4 is 29.3 Å². The molecule has 0 saturated heterocycles. The van der Waals surface area contributed by atoms with Crippen LogP contribution < -0.4 is 5.32 Å². The molecule has 1 amide bonds. The van der Waals surface area contributed by atoms with Crippen molar-refractivity contribution in [1.82, 2.24) is 19.6 Å². The van der Waals surface area contributed by atoms with Gasteiger partial charge in [0.25, 0.3) is 0 Å². The van der Waals surface area contributed by atoms with E-state index >= 15 is 0 Å². The predicted octanol–water partition coefficient (Wildman–Crippen LogP) is 3.15. The Morgan fingerprint density at radius 3 is 2.96 bits per heavy atom. The van der Waals surface area contributed by atoms with E-state index in [4.69, 9.17) is 16.9 Å². The van der Waals surface area contributed by atoms with Crippen molar-refractivity contribution in [2.24, 2.45) is 7.05 Å². The van der Waals surface area contributed by atoms with Gasteiger partial charge in [0, 0.05) is 24.9 Å². The Bertz CT molecular complexity index is 1060. The van der Waals surface area contributed by atoms with Crippen LogP contribution in [0.1, 0.15) is 22.4 Å². The first-order valence-electron chi connectivity index (χ1n) is 8.16. The molecule has 0 aliphatic heterocycles. The van der Waals surface area contributed by atoms with Gasteiger partial charge >= 0.3 is 0 Å². The minimum atomic E-state index is -0.291. The number of rotatable bonds is 5. The highest BCUT2D eigenvalue weighted by atomic mass is 35.5. The highest BCUT2D eigenvalue weighted by Gasteiger charge is 2.09. The Labute approximate surface area is 161 Å². The van der Waals surface area contributed by atoms with Crippen molar-refractivity contribution in [1.29, 1.82) is 5.26 Å². The minimum Gasteiger partial charge on any atom is -0.320 e. The highest BCUT2D eigenvalue weighted by Crippen LogP contribution is 2.20. The molecule has 7 nitrogen and oxygen atoms in total. The number of nitrogens with zero attached hydrogens (tertiary/aromatic N) is 5. The third-order valence-corrected chi connectivity index (χ3v) is 4.35. The van der Waals surface area contributed by atoms with Crippen LogP contribution >= 0.6 is 11.6 Å². The standard InChI is InChI=1S/C19H17ClN6O/c1-13-17(19(20)25(2)24-13)6-7-18(27)23-16-10-22-26(12-16)11-15-5-3-4-14(8-15)9-21/h3-8,10,12H,11H2,1-2H3,(H,23,27). The zero-order chi connectivity index (χ0) is 19.4. The quantitative estimate of drug-likeness (QED) is 0.688. The number of carbonyl (C=O) groups excluding carboxylic acids is 1. The number of halogens is 1. The normalized spacial score (nSPS) is 10.9. The number of aryl methyl sites for hydroxylation is 2. The molecule has 136 valence electrons. The van der Waals surface area contributed by atoms with Gasteiger partial charge in [0.1, 0.15) is 5.15 Å². The average molecular weight is 381 g/mol. The molecule has 2 aromatic heterocycles. The van der Waals surface area contributed by atoms with E-state index in [2.05, 4.69) is 21.6 Å². The van der Waals surface area contributed by atoms with Crippen LogP contribution in [0.2, 0.25) is 5.15 Å². The number of hydrogen-bond donors (Lipinski definition) is 1. The SMILES string of the molecule is Cc1nn(C)c(Cl)c1C=CC(=O)Nc1cnn(Cc2cccc(C#N)c2)c1. The lowest BCUT2D eigenvalue weighted by Gasteiger charge is -2.02. The second-order valence-electron chi connectivity index (χ2n) is 5.97. The van der Waals surface area contributed by atoms with Crippen LogP contribution in [0.4, 0.5) is 5.69 Å². The van der Waals surface area contributed by atoms with Crippen LogP contribution in [0.25, 0.3) is 6.08 Å². The highest BCUT2D eigenvalue weighted by molar-refractivity contribution is 6.31. The molecule has 1 N–H and O–H groups in total. The maximum atomic E-state index is 12.1. The Balaban J connectivity index is 1.64. The van der Waals surface area contributed by atoms with E-state index in [0.717, 1.165) is 11.3 Å². The smallest absolute Gasteiger partial charge is 0.248 e. The van der Waals surface area contributed by atoms with E-state index < -0.39 is 0 Å². The zero-order valence-electron chi connectivity index (χ0n) is 14.8. The van der Waals surface area contributed by atoms with E-state index in [1.807, 2.05) is 25.1 Å². The molecule has 1 aromatic carbocycles. The Morgan fingerprint density at radius 1 is 1.44 bits per heavy atom. The van der Waals surface area contributed by atoms with Gasteiger partial charge in [-0.3, -0.25) is 14.2 Å². The molecule has 3 rings (SSSR count). The second kappa shape index (κ2) is 7.89. The Morgan fingerprint density at radius 2 is 2.26 bits per heavy atom. The number of hydrogen-bond acceptors (Lipinski definition) is 4. The van der Waals surface area contributed by atoms with Gasteiger partial charge in [-0.25, -0.2) is 0 Å². The van der Waals surface area contributed by atoms with Crippen molar-refractivity contribution in [3.8, 4) is 6.07 Å². The van der Waals surface area contributed by atoms with Crippen LogP contribution in [0, 0.1) is 18.3 Å². The van der Waals surface area contributed by atoms with Crippen molar-refractivity contribution in [3.63, 3.8) is 0 Å². The van der Waals surface area contributed by atoms with Gasteiger partial charge in [-0.15, -0.1) is 0 Å². The van der Waals surface area contributed by atoms with Gasteiger partial charge in [0.05, 0.1) is 35.8 Å². The fourth-order valence-electron chi connectivity index (χ4n) is 2.62. The summed E-state index contributed by atoms with van der Waals surface area (Å²) in [6.07, 6.45) is 6.34. The third kappa shape index (κ3) is 4.43. The maximum absolute atomic E-state index is 12.1. The average Bonchev–Trinajstić information content (AvgIpc) is 3.17. The lowest BCUT2D eigenvalue weighted by molar-refractivity contribution is -0.111. The summed E-state index contributed by atoms with van der Waals surface area (Å²) in [6, 6.07) is 9.42. The number of anilines is 1. The van der Waals surface area contributed by atoms with Crippen molar-refractivity contribution in [2.45, 2.75) is 13.5 Å². The van der Waals surface area contributed by atoms with Gasteiger partial charge in [0.15, 0.2) is 0 Å². The maximum Gasteiger partial charge on any atom is 0.248 e. The topological polar surface area (TPSA) is 88.5 Å². The molecule has 0 saturated carbocycles. The Hall–Kier alpha value is -3.37. The molecule has 0 unspecified atom stereocenters. The Kier molecular flexibility index (Phi) is 5.38. The molecule has 0 fully saturated rings. The summed E-state index contributed by atoms with van der Waals surface area (Å²) in [6.45, 7) is 2.33. The summed E-state index contributed by atoms with van der Waals surface area (Å²) in [7, 11) is 1.74. The molecular formula is C19H17ClN6O. The number of benzene rings is 1. The zero-order valence-corrected chi connectivity index (χ0v) is 15.6. The van der Waals surface area contributed by atoms with E-state index in [1.54, 1.807) is 40.9 Å². The van der Waals surface area contributed by atoms with Crippen LogP contribution in [0.5, 0.6) is 0 Å². The summed E-state index contributed by atoms with van der Waals surface area (Å²) >= 11 is 6.14. The van der Waals surface area contributed by atoms with Gasteiger partial charge in [-0.2, -0.15) is 15.5 Å². The molecule has 3 aromatic rings. The van der Waals surface area contributed by atoms with Crippen LogP contribution in [-0.2, 0) is 18.4 Å². The van der Waals surface area contributed by atoms with Gasteiger partial charge in [0.2, 0.25) is 5.91 Å². The van der Waals surface area contributed by atoms with Crippen LogP contribution in [0.15, 0.2) is 42.7 Å². The molecule has 0 aliphatic carbocycles. The number of nitriles is 1. The van der Waals surface area contributed by atoms with Gasteiger partial charge in [-0.05, 0) is 30.7 Å². The van der Waals surface area contributed by atoms with Gasteiger partial charge in [-0.1, -0.05) is 23.7 Å².